The van der Waals surface area contributed by atoms with Crippen LogP contribution in [0.4, 0.5) is 0 Å². The highest BCUT2D eigenvalue weighted by atomic mass is 32.1. The SMILES string of the molecule is C=Cc1ccc(-c2cc3c(s2)Cc2c(-c4ccc5cnn(C)c5c4)n[nH]c2-3)cc1. The van der Waals surface area contributed by atoms with Crippen LogP contribution in [0.15, 0.2) is 61.3 Å². The van der Waals surface area contributed by atoms with Crippen LogP contribution in [0.25, 0.3) is 49.9 Å². The van der Waals surface area contributed by atoms with E-state index in [0.29, 0.717) is 0 Å². The van der Waals surface area contributed by atoms with Gasteiger partial charge in [-0.05, 0) is 23.3 Å². The Bertz CT molecular complexity index is 1400. The molecule has 2 aromatic carbocycles. The van der Waals surface area contributed by atoms with Crippen LogP contribution in [-0.4, -0.2) is 20.0 Å². The number of hydrogen-bond acceptors (Lipinski definition) is 3. The summed E-state index contributed by atoms with van der Waals surface area (Å²) >= 11 is 1.87. The summed E-state index contributed by atoms with van der Waals surface area (Å²) in [7, 11) is 1.97. The molecule has 0 aliphatic heterocycles. The van der Waals surface area contributed by atoms with Crippen LogP contribution >= 0.6 is 11.3 Å². The van der Waals surface area contributed by atoms with E-state index in [2.05, 4.69) is 70.4 Å². The Morgan fingerprint density at radius 3 is 2.76 bits per heavy atom. The molecule has 0 unspecified atom stereocenters. The monoisotopic (exact) mass is 394 g/mol. The lowest BCUT2D eigenvalue weighted by molar-refractivity contribution is 0.797. The molecule has 3 aromatic heterocycles. The first-order chi connectivity index (χ1) is 14.2. The van der Waals surface area contributed by atoms with E-state index in [1.165, 1.54) is 26.4 Å². The van der Waals surface area contributed by atoms with E-state index in [1.807, 2.05) is 35.3 Å². The van der Waals surface area contributed by atoms with Gasteiger partial charge in [-0.15, -0.1) is 11.3 Å². The zero-order chi connectivity index (χ0) is 19.5. The smallest absolute Gasteiger partial charge is 0.0963 e. The van der Waals surface area contributed by atoms with Crippen molar-refractivity contribution < 1.29 is 0 Å². The Morgan fingerprint density at radius 1 is 1.10 bits per heavy atom. The first-order valence-corrected chi connectivity index (χ1v) is 10.4. The maximum absolute atomic E-state index is 4.67. The lowest BCUT2D eigenvalue weighted by atomic mass is 10.0. The van der Waals surface area contributed by atoms with Crippen molar-refractivity contribution in [1.29, 1.82) is 0 Å². The van der Waals surface area contributed by atoms with Crippen molar-refractivity contribution in [2.24, 2.45) is 7.05 Å². The molecule has 1 N–H and O–H groups in total. The van der Waals surface area contributed by atoms with Gasteiger partial charge in [-0.3, -0.25) is 9.78 Å². The van der Waals surface area contributed by atoms with Gasteiger partial charge in [-0.1, -0.05) is 49.1 Å². The van der Waals surface area contributed by atoms with E-state index in [9.17, 15) is 0 Å². The van der Waals surface area contributed by atoms with E-state index in [0.717, 1.165) is 39.8 Å². The number of thiophene rings is 1. The molecule has 6 rings (SSSR count). The van der Waals surface area contributed by atoms with Crippen molar-refractivity contribution in [1.82, 2.24) is 20.0 Å². The first-order valence-electron chi connectivity index (χ1n) is 9.56. The third-order valence-corrected chi connectivity index (χ3v) is 6.92. The molecular formula is C24H18N4S. The summed E-state index contributed by atoms with van der Waals surface area (Å²) in [4.78, 5) is 2.70. The summed E-state index contributed by atoms with van der Waals surface area (Å²) in [5, 5.41) is 13.5. The molecule has 29 heavy (non-hydrogen) atoms. The van der Waals surface area contributed by atoms with Crippen LogP contribution in [0.3, 0.4) is 0 Å². The Morgan fingerprint density at radius 2 is 1.93 bits per heavy atom. The van der Waals surface area contributed by atoms with Gasteiger partial charge in [0.25, 0.3) is 0 Å². The van der Waals surface area contributed by atoms with Crippen molar-refractivity contribution >= 4 is 28.3 Å². The number of benzene rings is 2. The normalized spacial score (nSPS) is 12.3. The molecule has 0 saturated carbocycles. The molecule has 4 nitrogen and oxygen atoms in total. The lowest BCUT2D eigenvalue weighted by Crippen LogP contribution is -1.90. The molecule has 3 heterocycles. The van der Waals surface area contributed by atoms with Gasteiger partial charge in [-0.25, -0.2) is 0 Å². The predicted octanol–water partition coefficient (Wildman–Crippen LogP) is 5.91. The molecule has 0 amide bonds. The second-order valence-corrected chi connectivity index (χ2v) is 8.55. The fraction of sp³-hybridized carbons (Fsp3) is 0.0833. The van der Waals surface area contributed by atoms with Gasteiger partial charge in [0, 0.05) is 45.3 Å². The van der Waals surface area contributed by atoms with E-state index in [4.69, 9.17) is 0 Å². The number of fused-ring (bicyclic) bond motifs is 4. The quantitative estimate of drug-likeness (QED) is 0.406. The van der Waals surface area contributed by atoms with Crippen LogP contribution < -0.4 is 0 Å². The van der Waals surface area contributed by atoms with Crippen LogP contribution in [0.2, 0.25) is 0 Å². The van der Waals surface area contributed by atoms with Crippen LogP contribution in [0, 0.1) is 0 Å². The molecular weight excluding hydrogens is 376 g/mol. The Hall–Kier alpha value is -3.44. The van der Waals surface area contributed by atoms with Gasteiger partial charge < -0.3 is 0 Å². The molecule has 0 saturated heterocycles. The number of H-pyrrole nitrogens is 1. The first kappa shape index (κ1) is 16.5. The van der Waals surface area contributed by atoms with E-state index in [-0.39, 0.29) is 0 Å². The maximum Gasteiger partial charge on any atom is 0.0963 e. The topological polar surface area (TPSA) is 46.5 Å². The standard InChI is InChI=1S/C24H18N4S/c1-3-14-4-6-15(7-5-14)21-11-18-22(29-21)12-19-23(26-27-24(18)19)16-8-9-17-13-25-28(2)20(17)10-16/h3-11,13H,1,12H2,2H3,(H,26,27). The van der Waals surface area contributed by atoms with Gasteiger partial charge in [0.05, 0.1) is 23.1 Å². The summed E-state index contributed by atoms with van der Waals surface area (Å²) in [5.41, 5.74) is 9.43. The summed E-state index contributed by atoms with van der Waals surface area (Å²) in [6, 6.07) is 17.3. The van der Waals surface area contributed by atoms with Crippen molar-refractivity contribution in [2.45, 2.75) is 6.42 Å². The molecule has 1 aliphatic rings. The van der Waals surface area contributed by atoms with Crippen LogP contribution in [0.1, 0.15) is 16.0 Å². The minimum Gasteiger partial charge on any atom is -0.277 e. The van der Waals surface area contributed by atoms with E-state index >= 15 is 0 Å². The molecule has 5 heteroatoms. The Kier molecular flexibility index (Phi) is 3.43. The maximum atomic E-state index is 4.67. The second kappa shape index (κ2) is 6.03. The third-order valence-electron chi connectivity index (χ3n) is 5.74. The molecule has 0 spiro atoms. The molecule has 5 aromatic rings. The number of nitrogens with one attached hydrogen (secondary N) is 1. The van der Waals surface area contributed by atoms with Gasteiger partial charge in [0.2, 0.25) is 0 Å². The van der Waals surface area contributed by atoms with Crippen molar-refractivity contribution in [2.75, 3.05) is 0 Å². The fourth-order valence-electron chi connectivity index (χ4n) is 4.15. The van der Waals surface area contributed by atoms with Crippen molar-refractivity contribution in [3.63, 3.8) is 0 Å². The highest BCUT2D eigenvalue weighted by molar-refractivity contribution is 7.16. The number of aromatic nitrogens is 4. The zero-order valence-corrected chi connectivity index (χ0v) is 16.8. The number of rotatable bonds is 3. The molecule has 140 valence electrons. The van der Waals surface area contributed by atoms with Crippen LogP contribution in [-0.2, 0) is 13.5 Å². The number of hydrogen-bond donors (Lipinski definition) is 1. The highest BCUT2D eigenvalue weighted by Crippen LogP contribution is 2.46. The van der Waals surface area contributed by atoms with Gasteiger partial charge in [-0.2, -0.15) is 10.2 Å². The minimum absolute atomic E-state index is 0.926. The van der Waals surface area contributed by atoms with Gasteiger partial charge in [0.15, 0.2) is 0 Å². The predicted molar refractivity (Wildman–Crippen MR) is 120 cm³/mol. The average molecular weight is 395 g/mol. The largest absolute Gasteiger partial charge is 0.277 e. The molecule has 0 fully saturated rings. The number of aryl methyl sites for hydroxylation is 1. The Balaban J connectivity index is 1.40. The molecule has 0 atom stereocenters. The third kappa shape index (κ3) is 2.44. The van der Waals surface area contributed by atoms with Gasteiger partial charge in [0.1, 0.15) is 0 Å². The summed E-state index contributed by atoms with van der Waals surface area (Å²) in [6.45, 7) is 3.83. The molecule has 0 radical (unpaired) electrons. The second-order valence-electron chi connectivity index (χ2n) is 7.42. The summed E-state index contributed by atoms with van der Waals surface area (Å²) in [5.74, 6) is 0. The average Bonchev–Trinajstić information content (AvgIpc) is 3.49. The van der Waals surface area contributed by atoms with Crippen molar-refractivity contribution in [3.8, 4) is 33.0 Å². The van der Waals surface area contributed by atoms with E-state index < -0.39 is 0 Å². The van der Waals surface area contributed by atoms with Crippen molar-refractivity contribution in [3.05, 3.63) is 77.3 Å². The lowest BCUT2D eigenvalue weighted by Gasteiger charge is -2.02. The highest BCUT2D eigenvalue weighted by Gasteiger charge is 2.27. The van der Waals surface area contributed by atoms with Gasteiger partial charge >= 0.3 is 0 Å². The Labute approximate surface area is 172 Å². The molecule has 1 aliphatic carbocycles. The number of nitrogens with zero attached hydrogens (tertiary/aromatic N) is 3. The molecule has 0 bridgehead atoms. The fourth-order valence-corrected chi connectivity index (χ4v) is 5.33. The minimum atomic E-state index is 0.926. The summed E-state index contributed by atoms with van der Waals surface area (Å²) in [6.07, 6.45) is 4.70. The van der Waals surface area contributed by atoms with E-state index in [1.54, 1.807) is 0 Å². The number of aromatic amines is 1. The summed E-state index contributed by atoms with van der Waals surface area (Å²) < 4.78 is 1.91. The van der Waals surface area contributed by atoms with Crippen LogP contribution in [0.5, 0.6) is 0 Å². The zero-order valence-electron chi connectivity index (χ0n) is 15.9.